The van der Waals surface area contributed by atoms with Gasteiger partial charge in [-0.05, 0) is 30.4 Å². The molecule has 0 saturated carbocycles. The van der Waals surface area contributed by atoms with Crippen molar-refractivity contribution in [3.63, 3.8) is 0 Å². The predicted molar refractivity (Wildman–Crippen MR) is 78.5 cm³/mol. The molecule has 1 fully saturated rings. The van der Waals surface area contributed by atoms with Crippen LogP contribution in [0.15, 0.2) is 42.9 Å². The molecule has 1 unspecified atom stereocenters. The average molecular weight is 267 g/mol. The van der Waals surface area contributed by atoms with Crippen LogP contribution in [0, 0.1) is 0 Å². The summed E-state index contributed by atoms with van der Waals surface area (Å²) in [6.07, 6.45) is 8.51. The Morgan fingerprint density at radius 1 is 1.35 bits per heavy atom. The minimum Gasteiger partial charge on any atom is -0.376 e. The van der Waals surface area contributed by atoms with E-state index < -0.39 is 0 Å². The fourth-order valence-corrected chi connectivity index (χ4v) is 2.91. The highest BCUT2D eigenvalue weighted by Gasteiger charge is 2.17. The van der Waals surface area contributed by atoms with Crippen LogP contribution >= 0.6 is 0 Å². The van der Waals surface area contributed by atoms with Crippen molar-refractivity contribution >= 4 is 10.9 Å². The van der Waals surface area contributed by atoms with Crippen molar-refractivity contribution in [3.05, 3.63) is 42.9 Å². The van der Waals surface area contributed by atoms with E-state index in [0.717, 1.165) is 36.5 Å². The van der Waals surface area contributed by atoms with Gasteiger partial charge in [0.15, 0.2) is 0 Å². The number of aromatic nitrogens is 3. The summed E-state index contributed by atoms with van der Waals surface area (Å²) < 4.78 is 7.91. The van der Waals surface area contributed by atoms with Gasteiger partial charge in [-0.1, -0.05) is 12.1 Å². The molecule has 1 aliphatic heterocycles. The van der Waals surface area contributed by atoms with Crippen molar-refractivity contribution in [3.8, 4) is 11.4 Å². The van der Waals surface area contributed by atoms with Gasteiger partial charge >= 0.3 is 0 Å². The molecule has 4 rings (SSSR count). The lowest BCUT2D eigenvalue weighted by molar-refractivity contribution is 0.0974. The summed E-state index contributed by atoms with van der Waals surface area (Å²) in [6, 6.07) is 8.50. The number of fused-ring (bicyclic) bond motifs is 1. The third-order valence-corrected chi connectivity index (χ3v) is 3.95. The van der Waals surface area contributed by atoms with Crippen molar-refractivity contribution in [1.82, 2.24) is 14.5 Å². The normalized spacial score (nSPS) is 18.9. The van der Waals surface area contributed by atoms with Gasteiger partial charge in [0.1, 0.15) is 5.82 Å². The first-order valence-corrected chi connectivity index (χ1v) is 7.10. The van der Waals surface area contributed by atoms with Gasteiger partial charge in [-0.25, -0.2) is 4.98 Å². The minimum absolute atomic E-state index is 0.331. The molecule has 0 radical (unpaired) electrons. The van der Waals surface area contributed by atoms with E-state index in [1.54, 1.807) is 0 Å². The van der Waals surface area contributed by atoms with Crippen LogP contribution in [0.1, 0.15) is 12.8 Å². The number of nitrogens with zero attached hydrogens (tertiary/aromatic N) is 2. The lowest BCUT2D eigenvalue weighted by Crippen LogP contribution is -2.15. The average Bonchev–Trinajstić information content (AvgIpc) is 3.19. The summed E-state index contributed by atoms with van der Waals surface area (Å²) in [5.74, 6) is 1.01. The SMILES string of the molecule is c1cn(CC2CCCO2)c(-c2ccc3cc[nH]c3c2)n1. The van der Waals surface area contributed by atoms with Gasteiger partial charge in [-0.15, -0.1) is 0 Å². The maximum absolute atomic E-state index is 5.72. The van der Waals surface area contributed by atoms with E-state index >= 15 is 0 Å². The summed E-state index contributed by atoms with van der Waals surface area (Å²) >= 11 is 0. The molecule has 0 spiro atoms. The molecular formula is C16H17N3O. The fourth-order valence-electron chi connectivity index (χ4n) is 2.91. The zero-order chi connectivity index (χ0) is 13.4. The van der Waals surface area contributed by atoms with Crippen LogP contribution in [0.2, 0.25) is 0 Å². The Balaban J connectivity index is 1.68. The van der Waals surface area contributed by atoms with Crippen molar-refractivity contribution in [1.29, 1.82) is 0 Å². The van der Waals surface area contributed by atoms with Crippen LogP contribution in [0.3, 0.4) is 0 Å². The third kappa shape index (κ3) is 2.02. The van der Waals surface area contributed by atoms with E-state index in [0.29, 0.717) is 6.10 Å². The van der Waals surface area contributed by atoms with Crippen LogP contribution in [0.25, 0.3) is 22.3 Å². The highest BCUT2D eigenvalue weighted by molar-refractivity contribution is 5.83. The predicted octanol–water partition coefficient (Wildman–Crippen LogP) is 3.21. The number of H-pyrrole nitrogens is 1. The quantitative estimate of drug-likeness (QED) is 0.791. The molecule has 0 aliphatic carbocycles. The summed E-state index contributed by atoms with van der Waals surface area (Å²) in [7, 11) is 0. The first kappa shape index (κ1) is 11.7. The number of hydrogen-bond acceptors (Lipinski definition) is 2. The molecule has 3 heterocycles. The smallest absolute Gasteiger partial charge is 0.140 e. The van der Waals surface area contributed by atoms with E-state index in [1.807, 2.05) is 18.6 Å². The molecule has 1 aromatic carbocycles. The van der Waals surface area contributed by atoms with Gasteiger partial charge in [0.25, 0.3) is 0 Å². The Kier molecular flexibility index (Phi) is 2.81. The third-order valence-electron chi connectivity index (χ3n) is 3.95. The van der Waals surface area contributed by atoms with Crippen LogP contribution in [0.5, 0.6) is 0 Å². The number of hydrogen-bond donors (Lipinski definition) is 1. The summed E-state index contributed by atoms with van der Waals surface area (Å²) in [5, 5.41) is 1.23. The Labute approximate surface area is 117 Å². The highest BCUT2D eigenvalue weighted by atomic mass is 16.5. The standard InChI is InChI=1S/C16H17N3O/c1-2-14(20-9-1)11-19-8-7-18-16(19)13-4-3-12-5-6-17-15(12)10-13/h3-8,10,14,17H,1-2,9,11H2. The van der Waals surface area contributed by atoms with Gasteiger partial charge in [-0.2, -0.15) is 0 Å². The first-order valence-electron chi connectivity index (χ1n) is 7.10. The zero-order valence-corrected chi connectivity index (χ0v) is 11.2. The number of benzene rings is 1. The Morgan fingerprint density at radius 2 is 2.35 bits per heavy atom. The Hall–Kier alpha value is -2.07. The molecule has 0 amide bonds. The van der Waals surface area contributed by atoms with E-state index in [-0.39, 0.29) is 0 Å². The second-order valence-corrected chi connectivity index (χ2v) is 5.32. The fraction of sp³-hybridized carbons (Fsp3) is 0.312. The van der Waals surface area contributed by atoms with E-state index in [4.69, 9.17) is 4.74 Å². The largest absolute Gasteiger partial charge is 0.376 e. The van der Waals surface area contributed by atoms with Gasteiger partial charge in [0, 0.05) is 36.3 Å². The number of nitrogens with one attached hydrogen (secondary N) is 1. The van der Waals surface area contributed by atoms with Crippen molar-refractivity contribution in [2.24, 2.45) is 0 Å². The number of imidazole rings is 1. The molecule has 0 bridgehead atoms. The maximum atomic E-state index is 5.72. The molecule has 4 nitrogen and oxygen atoms in total. The van der Waals surface area contributed by atoms with E-state index in [2.05, 4.69) is 38.8 Å². The molecule has 1 N–H and O–H groups in total. The highest BCUT2D eigenvalue weighted by Crippen LogP contribution is 2.24. The minimum atomic E-state index is 0.331. The second-order valence-electron chi connectivity index (χ2n) is 5.32. The molecule has 102 valence electrons. The second kappa shape index (κ2) is 4.80. The summed E-state index contributed by atoms with van der Waals surface area (Å²) in [4.78, 5) is 7.77. The van der Waals surface area contributed by atoms with Gasteiger partial charge in [-0.3, -0.25) is 0 Å². The zero-order valence-electron chi connectivity index (χ0n) is 11.2. The van der Waals surface area contributed by atoms with E-state index in [9.17, 15) is 0 Å². The molecule has 4 heteroatoms. The summed E-state index contributed by atoms with van der Waals surface area (Å²) in [5.41, 5.74) is 2.29. The van der Waals surface area contributed by atoms with Gasteiger partial charge in [0.2, 0.25) is 0 Å². The van der Waals surface area contributed by atoms with E-state index in [1.165, 1.54) is 11.8 Å². The topological polar surface area (TPSA) is 42.8 Å². The number of rotatable bonds is 3. The van der Waals surface area contributed by atoms with Crippen LogP contribution < -0.4 is 0 Å². The molecular weight excluding hydrogens is 250 g/mol. The molecule has 1 atom stereocenters. The lowest BCUT2D eigenvalue weighted by Gasteiger charge is -2.13. The van der Waals surface area contributed by atoms with Crippen LogP contribution in [0.4, 0.5) is 0 Å². The van der Waals surface area contributed by atoms with Gasteiger partial charge in [0.05, 0.1) is 12.6 Å². The van der Waals surface area contributed by atoms with Gasteiger partial charge < -0.3 is 14.3 Å². The molecule has 2 aromatic heterocycles. The lowest BCUT2D eigenvalue weighted by atomic mass is 10.1. The van der Waals surface area contributed by atoms with Crippen molar-refractivity contribution < 1.29 is 4.74 Å². The summed E-state index contributed by atoms with van der Waals surface area (Å²) in [6.45, 7) is 1.78. The Morgan fingerprint density at radius 3 is 3.25 bits per heavy atom. The molecule has 3 aromatic rings. The maximum Gasteiger partial charge on any atom is 0.140 e. The molecule has 1 aliphatic rings. The van der Waals surface area contributed by atoms with Crippen LogP contribution in [-0.2, 0) is 11.3 Å². The van der Waals surface area contributed by atoms with Crippen molar-refractivity contribution in [2.75, 3.05) is 6.61 Å². The first-order chi connectivity index (χ1) is 9.90. The van der Waals surface area contributed by atoms with Crippen molar-refractivity contribution in [2.45, 2.75) is 25.5 Å². The monoisotopic (exact) mass is 267 g/mol. The Bertz CT molecular complexity index is 722. The molecule has 20 heavy (non-hydrogen) atoms. The number of aromatic amines is 1. The van der Waals surface area contributed by atoms with Crippen LogP contribution in [-0.4, -0.2) is 27.2 Å². The molecule has 1 saturated heterocycles. The number of ether oxygens (including phenoxy) is 1.